The van der Waals surface area contributed by atoms with Gasteiger partial charge >= 0.3 is 6.09 Å². The van der Waals surface area contributed by atoms with Crippen LogP contribution < -0.4 is 0 Å². The number of piperazine rings is 1. The minimum Gasteiger partial charge on any atom is -0.444 e. The van der Waals surface area contributed by atoms with Crippen molar-refractivity contribution in [3.63, 3.8) is 0 Å². The molecule has 5 rings (SSSR count). The Labute approximate surface area is 290 Å². The first-order valence-electron chi connectivity index (χ1n) is 17.5. The highest BCUT2D eigenvalue weighted by atomic mass is 31.0. The average Bonchev–Trinajstić information content (AvgIpc) is 3.30. The van der Waals surface area contributed by atoms with Gasteiger partial charge in [0.15, 0.2) is 0 Å². The van der Waals surface area contributed by atoms with Crippen LogP contribution in [-0.2, 0) is 22.7 Å². The molecule has 0 aromatic heterocycles. The Bertz CT molecular complexity index is 1410. The molecule has 12 heteroatoms. The third kappa shape index (κ3) is 9.95. The Morgan fingerprint density at radius 2 is 1.41 bits per heavy atom. The van der Waals surface area contributed by atoms with Crippen LogP contribution in [0.25, 0.3) is 0 Å². The van der Waals surface area contributed by atoms with Crippen molar-refractivity contribution in [3.05, 3.63) is 70.8 Å². The van der Waals surface area contributed by atoms with E-state index in [1.165, 1.54) is 9.24 Å². The predicted molar refractivity (Wildman–Crippen MR) is 186 cm³/mol. The lowest BCUT2D eigenvalue weighted by atomic mass is 9.89. The molecule has 270 valence electrons. The number of rotatable bonds is 7. The number of hydrogen-bond donors (Lipinski definition) is 0. The summed E-state index contributed by atoms with van der Waals surface area (Å²) in [5.41, 5.74) is -4.29. The molecule has 0 aliphatic carbocycles. The first kappa shape index (κ1) is 37.5. The maximum Gasteiger partial charge on any atom is 0.410 e. The van der Waals surface area contributed by atoms with Crippen LogP contribution in [0.2, 0.25) is 0 Å². The molecule has 0 bridgehead atoms. The summed E-state index contributed by atoms with van der Waals surface area (Å²) in [7, 11) is 1.39. The van der Waals surface area contributed by atoms with Crippen molar-refractivity contribution >= 4 is 21.2 Å². The summed E-state index contributed by atoms with van der Waals surface area (Å²) in [6.07, 6.45) is 4.63. The van der Waals surface area contributed by atoms with Crippen molar-refractivity contribution in [2.45, 2.75) is 102 Å². The highest BCUT2D eigenvalue weighted by Gasteiger charge is 2.38. The molecular formula is C37H51F4N4O3P. The lowest BCUT2D eigenvalue weighted by Crippen LogP contribution is -2.58. The minimum absolute atomic E-state index is 0.144. The fraction of sp³-hybridized carbons (Fsp3) is 0.622. The van der Waals surface area contributed by atoms with Crippen LogP contribution in [0.5, 0.6) is 0 Å². The molecule has 2 aromatic carbocycles. The number of carbonyl (C=O) groups is 2. The lowest BCUT2D eigenvalue weighted by molar-refractivity contribution is 0.0157. The van der Waals surface area contributed by atoms with Crippen molar-refractivity contribution in [2.75, 3.05) is 45.8 Å². The highest BCUT2D eigenvalue weighted by molar-refractivity contribution is 7.17. The van der Waals surface area contributed by atoms with Gasteiger partial charge in [-0.2, -0.15) is 8.78 Å². The second-order valence-electron chi connectivity index (χ2n) is 15.0. The quantitative estimate of drug-likeness (QED) is 0.223. The topological polar surface area (TPSA) is 56.3 Å². The molecule has 3 heterocycles. The summed E-state index contributed by atoms with van der Waals surface area (Å²) in [5.74, 6) is -3.88. The molecule has 0 radical (unpaired) electrons. The lowest BCUT2D eigenvalue weighted by Gasteiger charge is -2.47. The zero-order valence-electron chi connectivity index (χ0n) is 29.1. The molecule has 7 nitrogen and oxygen atoms in total. The van der Waals surface area contributed by atoms with Gasteiger partial charge in [-0.25, -0.2) is 13.6 Å². The van der Waals surface area contributed by atoms with E-state index in [9.17, 15) is 27.2 Å². The molecule has 4 unspecified atom stereocenters. The normalized spacial score (nSPS) is 23.7. The molecule has 2 amide bonds. The van der Waals surface area contributed by atoms with E-state index in [0.29, 0.717) is 51.9 Å². The molecule has 2 aromatic rings. The molecule has 0 spiro atoms. The molecule has 3 fully saturated rings. The second kappa shape index (κ2) is 15.2. The average molecular weight is 707 g/mol. The molecule has 0 N–H and O–H groups in total. The van der Waals surface area contributed by atoms with Gasteiger partial charge < -0.3 is 14.5 Å². The summed E-state index contributed by atoms with van der Waals surface area (Å²) < 4.78 is 63.1. The third-order valence-corrected chi connectivity index (χ3v) is 10.4. The number of halogens is 4. The largest absolute Gasteiger partial charge is 0.444 e. The molecule has 0 saturated carbocycles. The molecule has 4 atom stereocenters. The van der Waals surface area contributed by atoms with Crippen molar-refractivity contribution in [3.8, 4) is 0 Å². The van der Waals surface area contributed by atoms with Gasteiger partial charge in [0.1, 0.15) is 5.60 Å². The van der Waals surface area contributed by atoms with Gasteiger partial charge in [-0.05, 0) is 83.1 Å². The van der Waals surface area contributed by atoms with Crippen LogP contribution in [0.3, 0.4) is 0 Å². The standard InChI is InChI=1S/C37H51F4N4O3P/c1-35(2,3)48-34(47)44-14-8-11-30(12-15-44)42-17-19-43(20-18-42)31-13-16-45(32(25-31)21-26-9-6-5-7-10-26)33(46)27-22-28(36(4,38)39)24-29(23-27)37(40,41)49/h5-7,9-10,22-24,30-32H,8,11-21,25,49H2,1-4H3. The number of ether oxygens (including phenoxy) is 1. The van der Waals surface area contributed by atoms with Gasteiger partial charge in [0.05, 0.1) is 0 Å². The number of hydrogen-bond acceptors (Lipinski definition) is 5. The van der Waals surface area contributed by atoms with Gasteiger partial charge in [0, 0.05) is 87.6 Å². The molecule has 3 saturated heterocycles. The first-order valence-corrected chi connectivity index (χ1v) is 18.1. The van der Waals surface area contributed by atoms with Crippen LogP contribution in [0.1, 0.15) is 86.8 Å². The first-order chi connectivity index (χ1) is 23.0. The van der Waals surface area contributed by atoms with E-state index < -0.39 is 34.2 Å². The van der Waals surface area contributed by atoms with Crippen molar-refractivity contribution < 1.29 is 31.9 Å². The molecule has 3 aliphatic rings. The van der Waals surface area contributed by atoms with E-state index in [1.807, 2.05) is 56.0 Å². The summed E-state index contributed by atoms with van der Waals surface area (Å²) >= 11 is 0. The maximum atomic E-state index is 14.4. The molecule has 3 aliphatic heterocycles. The summed E-state index contributed by atoms with van der Waals surface area (Å²) in [5, 5.41) is 0. The Hall–Kier alpha value is -2.75. The zero-order chi connectivity index (χ0) is 35.6. The Kier molecular flexibility index (Phi) is 11.7. The van der Waals surface area contributed by atoms with E-state index in [2.05, 4.69) is 9.80 Å². The van der Waals surface area contributed by atoms with Crippen LogP contribution >= 0.6 is 9.24 Å². The SMILES string of the molecule is CC(C)(C)OC(=O)N1CCCC(N2CCN(C3CCN(C(=O)c4cc(C(C)(F)F)cc(C(F)(F)P)c4)C(Cc4ccccc4)C3)CC2)CC1. The van der Waals surface area contributed by atoms with E-state index >= 15 is 0 Å². The van der Waals surface area contributed by atoms with Crippen molar-refractivity contribution in [1.29, 1.82) is 0 Å². The zero-order valence-corrected chi connectivity index (χ0v) is 30.3. The summed E-state index contributed by atoms with van der Waals surface area (Å²) in [6, 6.07) is 13.1. The summed E-state index contributed by atoms with van der Waals surface area (Å²) in [4.78, 5) is 35.3. The predicted octanol–water partition coefficient (Wildman–Crippen LogP) is 7.35. The smallest absolute Gasteiger partial charge is 0.410 e. The molecular weight excluding hydrogens is 655 g/mol. The summed E-state index contributed by atoms with van der Waals surface area (Å²) in [6.45, 7) is 11.7. The van der Waals surface area contributed by atoms with Gasteiger partial charge in [-0.1, -0.05) is 39.6 Å². The van der Waals surface area contributed by atoms with Gasteiger partial charge in [0.25, 0.3) is 17.5 Å². The number of nitrogens with zero attached hydrogens (tertiary/aromatic N) is 4. The molecule has 49 heavy (non-hydrogen) atoms. The number of alkyl halides is 4. The number of amides is 2. The fourth-order valence-corrected chi connectivity index (χ4v) is 7.66. The number of piperidine rings is 1. The van der Waals surface area contributed by atoms with E-state index in [4.69, 9.17) is 4.74 Å². The Balaban J connectivity index is 1.25. The second-order valence-corrected chi connectivity index (χ2v) is 15.7. The third-order valence-electron chi connectivity index (χ3n) is 10.1. The Morgan fingerprint density at radius 1 is 0.796 bits per heavy atom. The van der Waals surface area contributed by atoms with Crippen molar-refractivity contribution in [1.82, 2.24) is 19.6 Å². The number of benzene rings is 2. The number of carbonyl (C=O) groups excluding carboxylic acids is 2. The van der Waals surface area contributed by atoms with E-state index in [-0.39, 0.29) is 23.7 Å². The van der Waals surface area contributed by atoms with Gasteiger partial charge in [0.2, 0.25) is 0 Å². The Morgan fingerprint density at radius 3 is 2.02 bits per heavy atom. The fourth-order valence-electron chi connectivity index (χ4n) is 7.49. The van der Waals surface area contributed by atoms with Gasteiger partial charge in [-0.15, -0.1) is 0 Å². The van der Waals surface area contributed by atoms with E-state index in [1.54, 1.807) is 4.90 Å². The van der Waals surface area contributed by atoms with Crippen LogP contribution in [0.4, 0.5) is 22.4 Å². The number of likely N-dealkylation sites (tertiary alicyclic amines) is 2. The maximum absolute atomic E-state index is 14.4. The van der Waals surface area contributed by atoms with Crippen LogP contribution in [0.15, 0.2) is 48.5 Å². The monoisotopic (exact) mass is 706 g/mol. The van der Waals surface area contributed by atoms with Crippen molar-refractivity contribution in [2.24, 2.45) is 0 Å². The van der Waals surface area contributed by atoms with E-state index in [0.717, 1.165) is 69.2 Å². The van der Waals surface area contributed by atoms with Gasteiger partial charge in [-0.3, -0.25) is 14.6 Å². The highest BCUT2D eigenvalue weighted by Crippen LogP contribution is 2.39. The van der Waals surface area contributed by atoms with Crippen LogP contribution in [0, 0.1) is 0 Å². The van der Waals surface area contributed by atoms with Crippen LogP contribution in [-0.4, -0.2) is 101 Å². The minimum atomic E-state index is -3.46.